The summed E-state index contributed by atoms with van der Waals surface area (Å²) in [5.74, 6) is 1.06. The van der Waals surface area contributed by atoms with Crippen LogP contribution < -0.4 is 4.74 Å². The summed E-state index contributed by atoms with van der Waals surface area (Å²) in [6.07, 6.45) is 4.11. The van der Waals surface area contributed by atoms with Gasteiger partial charge >= 0.3 is 0 Å². The van der Waals surface area contributed by atoms with Crippen molar-refractivity contribution in [2.24, 2.45) is 0 Å². The normalized spacial score (nSPS) is 15.4. The van der Waals surface area contributed by atoms with Crippen molar-refractivity contribution in [3.8, 4) is 22.6 Å². The number of aromatic nitrogens is 1. The predicted octanol–water partition coefficient (Wildman–Crippen LogP) is 5.52. The number of nitrogens with one attached hydrogen (secondary N) is 1. The predicted molar refractivity (Wildman–Crippen MR) is 139 cm³/mol. The van der Waals surface area contributed by atoms with Gasteiger partial charge < -0.3 is 14.8 Å². The first-order chi connectivity index (χ1) is 17.0. The summed E-state index contributed by atoms with van der Waals surface area (Å²) >= 11 is 0. The summed E-state index contributed by atoms with van der Waals surface area (Å²) in [6, 6.07) is 23.4. The zero-order chi connectivity index (χ0) is 24.3. The van der Waals surface area contributed by atoms with E-state index in [1.165, 1.54) is 28.1 Å². The van der Waals surface area contributed by atoms with Gasteiger partial charge in [-0.15, -0.1) is 0 Å². The van der Waals surface area contributed by atoms with Crippen LogP contribution in [0.5, 0.6) is 11.5 Å². The molecule has 2 heterocycles. The van der Waals surface area contributed by atoms with E-state index in [1.54, 1.807) is 22.5 Å². The summed E-state index contributed by atoms with van der Waals surface area (Å²) in [5, 5.41) is 10.7. The number of benzene rings is 3. The van der Waals surface area contributed by atoms with Crippen molar-refractivity contribution in [2.75, 3.05) is 25.4 Å². The fourth-order valence-corrected chi connectivity index (χ4v) is 6.38. The molecular formula is C28H30N2O4S. The van der Waals surface area contributed by atoms with Gasteiger partial charge in [0.1, 0.15) is 11.5 Å². The van der Waals surface area contributed by atoms with E-state index >= 15 is 0 Å². The van der Waals surface area contributed by atoms with Crippen molar-refractivity contribution in [3.05, 3.63) is 84.6 Å². The number of phenols is 1. The van der Waals surface area contributed by atoms with Crippen LogP contribution in [0.25, 0.3) is 22.0 Å². The molecule has 4 aromatic rings. The molecule has 35 heavy (non-hydrogen) atoms. The van der Waals surface area contributed by atoms with Crippen LogP contribution in [-0.2, 0) is 10.0 Å². The van der Waals surface area contributed by atoms with E-state index in [2.05, 4.69) is 41.5 Å². The molecule has 0 radical (unpaired) electrons. The average Bonchev–Trinajstić information content (AvgIpc) is 3.31. The quantitative estimate of drug-likeness (QED) is 0.319. The molecule has 0 saturated carbocycles. The zero-order valence-corrected chi connectivity index (χ0v) is 20.4. The van der Waals surface area contributed by atoms with E-state index in [-0.39, 0.29) is 18.1 Å². The van der Waals surface area contributed by atoms with Crippen molar-refractivity contribution in [1.82, 2.24) is 9.29 Å². The number of rotatable bonds is 8. The van der Waals surface area contributed by atoms with Crippen molar-refractivity contribution in [1.29, 1.82) is 0 Å². The number of nitrogens with zero attached hydrogens (tertiary/aromatic N) is 1. The van der Waals surface area contributed by atoms with E-state index in [9.17, 15) is 13.5 Å². The largest absolute Gasteiger partial charge is 0.508 e. The first kappa shape index (κ1) is 23.5. The summed E-state index contributed by atoms with van der Waals surface area (Å²) in [7, 11) is -3.33. The van der Waals surface area contributed by atoms with Crippen molar-refractivity contribution in [3.63, 3.8) is 0 Å². The third kappa shape index (κ3) is 5.36. The molecule has 2 N–H and O–H groups in total. The fourth-order valence-electron chi connectivity index (χ4n) is 4.87. The number of hydrogen-bond acceptors (Lipinski definition) is 4. The molecule has 0 atom stereocenters. The van der Waals surface area contributed by atoms with Crippen LogP contribution in [0.15, 0.2) is 79.0 Å². The minimum atomic E-state index is -3.33. The highest BCUT2D eigenvalue weighted by molar-refractivity contribution is 7.89. The zero-order valence-electron chi connectivity index (χ0n) is 19.6. The topological polar surface area (TPSA) is 82.6 Å². The van der Waals surface area contributed by atoms with Crippen molar-refractivity contribution >= 4 is 20.9 Å². The summed E-state index contributed by atoms with van der Waals surface area (Å²) in [6.45, 7) is 1.36. The van der Waals surface area contributed by atoms with Gasteiger partial charge in [-0.3, -0.25) is 0 Å². The van der Waals surface area contributed by atoms with Crippen LogP contribution in [0.3, 0.4) is 0 Å². The van der Waals surface area contributed by atoms with Gasteiger partial charge in [0.15, 0.2) is 0 Å². The highest BCUT2D eigenvalue weighted by Gasteiger charge is 2.29. The smallest absolute Gasteiger partial charge is 0.214 e. The van der Waals surface area contributed by atoms with Gasteiger partial charge in [-0.2, -0.15) is 0 Å². The van der Waals surface area contributed by atoms with Gasteiger partial charge in [0.2, 0.25) is 10.0 Å². The summed E-state index contributed by atoms with van der Waals surface area (Å²) in [5.41, 5.74) is 4.76. The van der Waals surface area contributed by atoms with Crippen molar-refractivity contribution < 1.29 is 18.3 Å². The van der Waals surface area contributed by atoms with Gasteiger partial charge in [0.25, 0.3) is 0 Å². The van der Waals surface area contributed by atoms with Crippen LogP contribution >= 0.6 is 0 Å². The standard InChI is InChI=1S/C28H30N2O4S/c31-24-8-4-9-25(19-24)34-16-5-17-35(32,33)30-14-12-22(13-15-30)27-20-29-28-11-10-23(18-26(27)28)21-6-2-1-3-7-21/h1-4,6-11,18-20,22,29,31H,5,12-17H2. The third-order valence-corrected chi connectivity index (χ3v) is 8.70. The minimum Gasteiger partial charge on any atom is -0.508 e. The molecule has 0 amide bonds. The van der Waals surface area contributed by atoms with Crippen LogP contribution in [0, 0.1) is 0 Å². The fraction of sp³-hybridized carbons (Fsp3) is 0.286. The summed E-state index contributed by atoms with van der Waals surface area (Å²) < 4.78 is 33.0. The van der Waals surface area contributed by atoms with E-state index in [0.717, 1.165) is 18.4 Å². The van der Waals surface area contributed by atoms with Gasteiger partial charge in [0.05, 0.1) is 12.4 Å². The number of H-pyrrole nitrogens is 1. The Kier molecular flexibility index (Phi) is 6.79. The van der Waals surface area contributed by atoms with E-state index < -0.39 is 10.0 Å². The Morgan fingerprint density at radius 2 is 1.74 bits per heavy atom. The number of ether oxygens (including phenoxy) is 1. The highest BCUT2D eigenvalue weighted by atomic mass is 32.2. The summed E-state index contributed by atoms with van der Waals surface area (Å²) in [4.78, 5) is 3.40. The van der Waals surface area contributed by atoms with Gasteiger partial charge in [-0.1, -0.05) is 42.5 Å². The number of sulfonamides is 1. The molecule has 5 rings (SSSR count). The molecule has 1 saturated heterocycles. The van der Waals surface area contributed by atoms with Gasteiger partial charge in [-0.25, -0.2) is 12.7 Å². The Hall–Kier alpha value is -3.29. The molecule has 0 unspecified atom stereocenters. The lowest BCUT2D eigenvalue weighted by Gasteiger charge is -2.31. The molecule has 1 aliphatic heterocycles. The molecule has 1 aromatic heterocycles. The van der Waals surface area contributed by atoms with E-state index in [4.69, 9.17) is 4.74 Å². The molecule has 1 aliphatic rings. The Morgan fingerprint density at radius 1 is 0.943 bits per heavy atom. The number of aromatic amines is 1. The molecule has 1 fully saturated rings. The number of piperidine rings is 1. The number of hydrogen-bond donors (Lipinski definition) is 2. The van der Waals surface area contributed by atoms with Gasteiger partial charge in [-0.05, 0) is 66.1 Å². The van der Waals surface area contributed by atoms with Crippen LogP contribution in [0.4, 0.5) is 0 Å². The molecule has 0 bridgehead atoms. The second-order valence-electron chi connectivity index (χ2n) is 9.06. The Bertz CT molecular complexity index is 1390. The first-order valence-corrected chi connectivity index (χ1v) is 13.7. The molecule has 3 aromatic carbocycles. The monoisotopic (exact) mass is 490 g/mol. The molecule has 6 nitrogen and oxygen atoms in total. The molecule has 7 heteroatoms. The average molecular weight is 491 g/mol. The van der Waals surface area contributed by atoms with Crippen LogP contribution in [0.1, 0.15) is 30.7 Å². The first-order valence-electron chi connectivity index (χ1n) is 12.1. The Labute approximate surface area is 206 Å². The van der Waals surface area contributed by atoms with Crippen LogP contribution in [-0.4, -0.2) is 48.3 Å². The number of aromatic hydroxyl groups is 1. The van der Waals surface area contributed by atoms with Crippen LogP contribution in [0.2, 0.25) is 0 Å². The Morgan fingerprint density at radius 3 is 2.51 bits per heavy atom. The lowest BCUT2D eigenvalue weighted by molar-refractivity contribution is 0.305. The second kappa shape index (κ2) is 10.1. The molecule has 0 aliphatic carbocycles. The van der Waals surface area contributed by atoms with Gasteiger partial charge in [0, 0.05) is 36.3 Å². The SMILES string of the molecule is O=S(=O)(CCCOc1cccc(O)c1)N1CCC(c2c[nH]c3ccc(-c4ccccc4)cc23)CC1. The minimum absolute atomic E-state index is 0.0595. The highest BCUT2D eigenvalue weighted by Crippen LogP contribution is 2.35. The lowest BCUT2D eigenvalue weighted by atomic mass is 9.89. The number of phenolic OH excluding ortho intramolecular Hbond substituents is 1. The maximum absolute atomic E-state index is 12.9. The number of fused-ring (bicyclic) bond motifs is 1. The van der Waals surface area contributed by atoms with E-state index in [0.29, 0.717) is 31.2 Å². The maximum Gasteiger partial charge on any atom is 0.214 e. The molecule has 182 valence electrons. The van der Waals surface area contributed by atoms with Crippen molar-refractivity contribution in [2.45, 2.75) is 25.2 Å². The van der Waals surface area contributed by atoms with E-state index in [1.807, 2.05) is 18.2 Å². The molecular weight excluding hydrogens is 460 g/mol. The molecule has 0 spiro atoms. The Balaban J connectivity index is 1.19. The maximum atomic E-state index is 12.9. The lowest BCUT2D eigenvalue weighted by Crippen LogP contribution is -2.39. The second-order valence-corrected chi connectivity index (χ2v) is 11.1. The third-order valence-electron chi connectivity index (χ3n) is 6.74.